The van der Waals surface area contributed by atoms with Crippen LogP contribution in [0.4, 0.5) is 13.2 Å². The molecule has 0 heterocycles. The topological polar surface area (TPSA) is 18.5 Å². The molecule has 0 spiro atoms. The molecule has 0 N–H and O–H groups in total. The van der Waals surface area contributed by atoms with Gasteiger partial charge < -0.3 is 9.47 Å². The second kappa shape index (κ2) is 5.91. The molecule has 2 nitrogen and oxygen atoms in total. The molecular formula is C16H13F3O2. The summed E-state index contributed by atoms with van der Waals surface area (Å²) in [5.41, 5.74) is 1.64. The van der Waals surface area contributed by atoms with Gasteiger partial charge in [0.05, 0.1) is 7.11 Å². The van der Waals surface area contributed by atoms with Gasteiger partial charge >= 0.3 is 6.36 Å². The van der Waals surface area contributed by atoms with E-state index in [1.807, 2.05) is 0 Å². The smallest absolute Gasteiger partial charge is 0.497 e. The maximum absolute atomic E-state index is 12.5. The van der Waals surface area contributed by atoms with Crippen LogP contribution in [0.25, 0.3) is 17.2 Å². The van der Waals surface area contributed by atoms with Gasteiger partial charge in [-0.3, -0.25) is 0 Å². The maximum Gasteiger partial charge on any atom is 0.573 e. The quantitative estimate of drug-likeness (QED) is 0.798. The van der Waals surface area contributed by atoms with Crippen molar-refractivity contribution in [1.29, 1.82) is 0 Å². The van der Waals surface area contributed by atoms with E-state index in [0.29, 0.717) is 22.4 Å². The maximum atomic E-state index is 12.5. The van der Waals surface area contributed by atoms with Gasteiger partial charge in [-0.2, -0.15) is 0 Å². The van der Waals surface area contributed by atoms with Crippen LogP contribution in [0, 0.1) is 0 Å². The van der Waals surface area contributed by atoms with Crippen molar-refractivity contribution in [3.05, 3.63) is 54.6 Å². The molecule has 0 bridgehead atoms. The van der Waals surface area contributed by atoms with E-state index >= 15 is 0 Å². The first-order chi connectivity index (χ1) is 9.93. The average Bonchev–Trinajstić information content (AvgIpc) is 2.46. The Kier molecular flexibility index (Phi) is 4.21. The zero-order valence-electron chi connectivity index (χ0n) is 11.3. The monoisotopic (exact) mass is 294 g/mol. The van der Waals surface area contributed by atoms with Gasteiger partial charge in [-0.05, 0) is 35.4 Å². The van der Waals surface area contributed by atoms with E-state index in [0.717, 1.165) is 0 Å². The Bertz CT molecular complexity index is 631. The van der Waals surface area contributed by atoms with Crippen LogP contribution in [0.5, 0.6) is 11.5 Å². The third-order valence-electron chi connectivity index (χ3n) is 2.87. The van der Waals surface area contributed by atoms with Gasteiger partial charge in [-0.25, -0.2) is 0 Å². The number of ether oxygens (including phenoxy) is 2. The van der Waals surface area contributed by atoms with E-state index in [1.54, 1.807) is 36.4 Å². The molecule has 0 saturated heterocycles. The Balaban J connectivity index is 2.49. The molecule has 0 fully saturated rings. The third kappa shape index (κ3) is 3.78. The Labute approximate surface area is 120 Å². The van der Waals surface area contributed by atoms with Crippen molar-refractivity contribution in [3.63, 3.8) is 0 Å². The van der Waals surface area contributed by atoms with Crippen LogP contribution in [-0.4, -0.2) is 13.5 Å². The summed E-state index contributed by atoms with van der Waals surface area (Å²) in [6.07, 6.45) is -3.18. The lowest BCUT2D eigenvalue weighted by atomic mass is 10.0. The van der Waals surface area contributed by atoms with Crippen LogP contribution >= 0.6 is 0 Å². The number of methoxy groups -OCH3 is 1. The van der Waals surface area contributed by atoms with Gasteiger partial charge in [0.15, 0.2) is 0 Å². The molecule has 21 heavy (non-hydrogen) atoms. The van der Waals surface area contributed by atoms with Crippen molar-refractivity contribution in [2.45, 2.75) is 6.36 Å². The van der Waals surface area contributed by atoms with E-state index in [4.69, 9.17) is 4.74 Å². The summed E-state index contributed by atoms with van der Waals surface area (Å²) in [5.74, 6) is 0.371. The van der Waals surface area contributed by atoms with E-state index in [1.165, 1.54) is 19.2 Å². The normalized spacial score (nSPS) is 11.0. The minimum Gasteiger partial charge on any atom is -0.497 e. The van der Waals surface area contributed by atoms with Crippen molar-refractivity contribution in [3.8, 4) is 22.6 Å². The second-order valence-electron chi connectivity index (χ2n) is 4.24. The number of rotatable bonds is 4. The minimum absolute atomic E-state index is 0.252. The van der Waals surface area contributed by atoms with Crippen molar-refractivity contribution in [2.75, 3.05) is 7.11 Å². The van der Waals surface area contributed by atoms with Gasteiger partial charge in [-0.15, -0.1) is 13.2 Å². The zero-order valence-corrected chi connectivity index (χ0v) is 11.3. The number of hydrogen-bond donors (Lipinski definition) is 0. The highest BCUT2D eigenvalue weighted by Gasteiger charge is 2.32. The first-order valence-electron chi connectivity index (χ1n) is 6.09. The molecule has 2 aromatic rings. The first-order valence-corrected chi connectivity index (χ1v) is 6.09. The fraction of sp³-hybridized carbons (Fsp3) is 0.125. The summed E-state index contributed by atoms with van der Waals surface area (Å²) < 4.78 is 46.5. The fourth-order valence-electron chi connectivity index (χ4n) is 1.88. The highest BCUT2D eigenvalue weighted by atomic mass is 19.4. The van der Waals surface area contributed by atoms with Crippen LogP contribution in [0.1, 0.15) is 5.56 Å². The van der Waals surface area contributed by atoms with Crippen LogP contribution in [0.2, 0.25) is 0 Å². The Morgan fingerprint density at radius 3 is 2.24 bits per heavy atom. The van der Waals surface area contributed by atoms with E-state index < -0.39 is 6.36 Å². The molecule has 0 radical (unpaired) electrons. The molecular weight excluding hydrogens is 281 g/mol. The minimum atomic E-state index is -4.74. The summed E-state index contributed by atoms with van der Waals surface area (Å²) >= 11 is 0. The predicted molar refractivity (Wildman–Crippen MR) is 75.2 cm³/mol. The number of hydrogen-bond acceptors (Lipinski definition) is 2. The standard InChI is InChI=1S/C16H13F3O2/c1-3-11-4-9-15(21-16(17,18)19)14(10-11)12-5-7-13(20-2)8-6-12/h3-10H,1H2,2H3. The molecule has 0 amide bonds. The average molecular weight is 294 g/mol. The summed E-state index contributed by atoms with van der Waals surface area (Å²) in [6, 6.07) is 11.1. The number of halogens is 3. The van der Waals surface area contributed by atoms with Gasteiger partial charge in [0.25, 0.3) is 0 Å². The summed E-state index contributed by atoms with van der Waals surface area (Å²) in [5, 5.41) is 0. The van der Waals surface area contributed by atoms with Crippen molar-refractivity contribution in [2.24, 2.45) is 0 Å². The number of benzene rings is 2. The van der Waals surface area contributed by atoms with Crippen molar-refractivity contribution in [1.82, 2.24) is 0 Å². The lowest BCUT2D eigenvalue weighted by molar-refractivity contribution is -0.274. The fourth-order valence-corrected chi connectivity index (χ4v) is 1.88. The van der Waals surface area contributed by atoms with Gasteiger partial charge in [0, 0.05) is 5.56 Å². The highest BCUT2D eigenvalue weighted by molar-refractivity contribution is 5.74. The second-order valence-corrected chi connectivity index (χ2v) is 4.24. The Hall–Kier alpha value is -2.43. The van der Waals surface area contributed by atoms with E-state index in [2.05, 4.69) is 11.3 Å². The van der Waals surface area contributed by atoms with Crippen molar-refractivity contribution < 1.29 is 22.6 Å². The highest BCUT2D eigenvalue weighted by Crippen LogP contribution is 2.35. The molecule has 0 atom stereocenters. The lowest BCUT2D eigenvalue weighted by Crippen LogP contribution is -2.17. The van der Waals surface area contributed by atoms with Crippen LogP contribution < -0.4 is 9.47 Å². The van der Waals surface area contributed by atoms with Gasteiger partial charge in [0.1, 0.15) is 11.5 Å². The lowest BCUT2D eigenvalue weighted by Gasteiger charge is -2.14. The largest absolute Gasteiger partial charge is 0.573 e. The summed E-state index contributed by atoms with van der Waals surface area (Å²) in [7, 11) is 1.52. The summed E-state index contributed by atoms with van der Waals surface area (Å²) in [4.78, 5) is 0. The molecule has 0 saturated carbocycles. The zero-order chi connectivity index (χ0) is 15.5. The molecule has 110 valence electrons. The molecule has 0 aliphatic rings. The molecule has 0 unspecified atom stereocenters. The Morgan fingerprint density at radius 2 is 1.71 bits per heavy atom. The van der Waals surface area contributed by atoms with Gasteiger partial charge in [0.2, 0.25) is 0 Å². The van der Waals surface area contributed by atoms with E-state index in [9.17, 15) is 13.2 Å². The number of alkyl halides is 3. The predicted octanol–water partition coefficient (Wildman–Crippen LogP) is 4.90. The molecule has 0 aromatic heterocycles. The molecule has 5 heteroatoms. The first kappa shape index (κ1) is 15.0. The van der Waals surface area contributed by atoms with Crippen LogP contribution in [0.3, 0.4) is 0 Å². The molecule has 0 aliphatic carbocycles. The van der Waals surface area contributed by atoms with E-state index in [-0.39, 0.29) is 5.75 Å². The van der Waals surface area contributed by atoms with Crippen LogP contribution in [-0.2, 0) is 0 Å². The third-order valence-corrected chi connectivity index (χ3v) is 2.87. The molecule has 2 rings (SSSR count). The molecule has 0 aliphatic heterocycles. The summed E-state index contributed by atoms with van der Waals surface area (Å²) in [6.45, 7) is 3.61. The SMILES string of the molecule is C=Cc1ccc(OC(F)(F)F)c(-c2ccc(OC)cc2)c1. The molecule has 2 aromatic carbocycles. The van der Waals surface area contributed by atoms with Crippen molar-refractivity contribution >= 4 is 6.08 Å². The Morgan fingerprint density at radius 1 is 1.05 bits per heavy atom. The van der Waals surface area contributed by atoms with Crippen LogP contribution in [0.15, 0.2) is 49.0 Å². The van der Waals surface area contributed by atoms with Gasteiger partial charge in [-0.1, -0.05) is 30.9 Å².